The van der Waals surface area contributed by atoms with Crippen LogP contribution in [0.15, 0.2) is 29.4 Å². The Morgan fingerprint density at radius 1 is 1.43 bits per heavy atom. The van der Waals surface area contributed by atoms with Gasteiger partial charge in [-0.25, -0.2) is 4.79 Å². The molecule has 1 heterocycles. The second-order valence-corrected chi connectivity index (χ2v) is 7.23. The van der Waals surface area contributed by atoms with E-state index in [2.05, 4.69) is 15.5 Å². The Hall–Kier alpha value is -1.31. The number of carboxylic acids is 1. The molecule has 0 bridgehead atoms. The summed E-state index contributed by atoms with van der Waals surface area (Å²) in [4.78, 5) is 10.8. The second-order valence-electron chi connectivity index (χ2n) is 4.70. The van der Waals surface area contributed by atoms with Crippen LogP contribution in [0.5, 0.6) is 0 Å². The molecule has 1 aliphatic rings. The SMILES string of the molecule is O=C(O)c1ccc(-n2nnnc2SC[C@@H]2CC2(Cl)Cl)cc1. The number of nitrogens with zero attached hydrogens (tertiary/aromatic N) is 4. The summed E-state index contributed by atoms with van der Waals surface area (Å²) in [5, 5.41) is 21.0. The Kier molecular flexibility index (Phi) is 3.81. The van der Waals surface area contributed by atoms with Crippen molar-refractivity contribution in [1.82, 2.24) is 20.2 Å². The van der Waals surface area contributed by atoms with Gasteiger partial charge in [0.2, 0.25) is 5.16 Å². The summed E-state index contributed by atoms with van der Waals surface area (Å²) >= 11 is 13.5. The van der Waals surface area contributed by atoms with E-state index in [1.807, 2.05) is 0 Å². The van der Waals surface area contributed by atoms with Crippen LogP contribution in [0, 0.1) is 5.92 Å². The average molecular weight is 345 g/mol. The third-order valence-corrected chi connectivity index (χ3v) is 5.18. The van der Waals surface area contributed by atoms with Gasteiger partial charge in [-0.2, -0.15) is 4.68 Å². The summed E-state index contributed by atoms with van der Waals surface area (Å²) in [7, 11) is 0. The highest BCUT2D eigenvalue weighted by Crippen LogP contribution is 2.54. The Bertz CT molecular complexity index is 674. The van der Waals surface area contributed by atoms with Crippen molar-refractivity contribution in [2.45, 2.75) is 15.9 Å². The summed E-state index contributed by atoms with van der Waals surface area (Å²) in [5.41, 5.74) is 0.916. The first-order chi connectivity index (χ1) is 9.97. The van der Waals surface area contributed by atoms with Gasteiger partial charge in [-0.15, -0.1) is 28.3 Å². The monoisotopic (exact) mass is 344 g/mol. The molecule has 110 valence electrons. The molecule has 9 heteroatoms. The molecule has 1 atom stereocenters. The fraction of sp³-hybridized carbons (Fsp3) is 0.333. The summed E-state index contributed by atoms with van der Waals surface area (Å²) in [6, 6.07) is 6.34. The summed E-state index contributed by atoms with van der Waals surface area (Å²) in [5.74, 6) is 0.00755. The molecule has 21 heavy (non-hydrogen) atoms. The molecule has 0 aliphatic heterocycles. The van der Waals surface area contributed by atoms with Gasteiger partial charge in [0.15, 0.2) is 0 Å². The molecule has 2 aromatic rings. The molecular weight excluding hydrogens is 335 g/mol. The number of hydrogen-bond acceptors (Lipinski definition) is 5. The Morgan fingerprint density at radius 3 is 2.67 bits per heavy atom. The van der Waals surface area contributed by atoms with Crippen molar-refractivity contribution < 1.29 is 9.90 Å². The number of tetrazole rings is 1. The number of aromatic carboxylic acids is 1. The second kappa shape index (κ2) is 5.47. The van der Waals surface area contributed by atoms with Crippen molar-refractivity contribution in [2.75, 3.05) is 5.75 Å². The van der Waals surface area contributed by atoms with Gasteiger partial charge in [0.05, 0.1) is 11.3 Å². The zero-order valence-corrected chi connectivity index (χ0v) is 12.9. The Morgan fingerprint density at radius 2 is 2.10 bits per heavy atom. The van der Waals surface area contributed by atoms with Crippen molar-refractivity contribution in [1.29, 1.82) is 0 Å². The molecular formula is C12H10Cl2N4O2S. The maximum Gasteiger partial charge on any atom is 0.335 e. The molecule has 3 rings (SSSR count). The van der Waals surface area contributed by atoms with Gasteiger partial charge in [-0.3, -0.25) is 0 Å². The first kappa shape index (κ1) is 14.6. The van der Waals surface area contributed by atoms with E-state index < -0.39 is 10.3 Å². The number of carboxylic acid groups (broad SMARTS) is 1. The molecule has 0 saturated heterocycles. The minimum atomic E-state index is -0.970. The van der Waals surface area contributed by atoms with E-state index in [4.69, 9.17) is 28.3 Å². The van der Waals surface area contributed by atoms with Crippen LogP contribution in [0.2, 0.25) is 0 Å². The van der Waals surface area contributed by atoms with Crippen LogP contribution >= 0.6 is 35.0 Å². The van der Waals surface area contributed by atoms with Crippen molar-refractivity contribution in [3.63, 3.8) is 0 Å². The number of hydrogen-bond donors (Lipinski definition) is 1. The van der Waals surface area contributed by atoms with Crippen LogP contribution in [-0.2, 0) is 0 Å². The minimum Gasteiger partial charge on any atom is -0.478 e. The van der Waals surface area contributed by atoms with Crippen molar-refractivity contribution >= 4 is 40.9 Å². The normalized spacial score (nSPS) is 19.4. The van der Waals surface area contributed by atoms with Gasteiger partial charge in [0.25, 0.3) is 0 Å². The number of halogens is 2. The van der Waals surface area contributed by atoms with E-state index in [1.54, 1.807) is 16.8 Å². The largest absolute Gasteiger partial charge is 0.478 e. The smallest absolute Gasteiger partial charge is 0.335 e. The van der Waals surface area contributed by atoms with Crippen LogP contribution in [0.25, 0.3) is 5.69 Å². The number of alkyl halides is 2. The van der Waals surface area contributed by atoms with E-state index >= 15 is 0 Å². The lowest BCUT2D eigenvalue weighted by atomic mass is 10.2. The molecule has 0 unspecified atom stereocenters. The summed E-state index contributed by atoms with van der Waals surface area (Å²) in [6.07, 6.45) is 0.776. The highest BCUT2D eigenvalue weighted by molar-refractivity contribution is 7.99. The van der Waals surface area contributed by atoms with E-state index in [9.17, 15) is 4.79 Å². The molecule has 0 spiro atoms. The average Bonchev–Trinajstić information content (AvgIpc) is 2.87. The molecule has 6 nitrogen and oxygen atoms in total. The Balaban J connectivity index is 1.74. The van der Waals surface area contributed by atoms with E-state index in [1.165, 1.54) is 23.9 Å². The first-order valence-electron chi connectivity index (χ1n) is 6.10. The fourth-order valence-electron chi connectivity index (χ4n) is 1.80. The zero-order valence-electron chi connectivity index (χ0n) is 10.6. The number of carbonyl (C=O) groups is 1. The maximum absolute atomic E-state index is 10.8. The quantitative estimate of drug-likeness (QED) is 0.663. The van der Waals surface area contributed by atoms with Gasteiger partial charge in [-0.1, -0.05) is 11.8 Å². The van der Waals surface area contributed by atoms with Crippen LogP contribution in [0.3, 0.4) is 0 Å². The molecule has 0 radical (unpaired) electrons. The van der Waals surface area contributed by atoms with Gasteiger partial charge in [-0.05, 0) is 41.1 Å². The lowest BCUT2D eigenvalue weighted by Crippen LogP contribution is -2.02. The third kappa shape index (κ3) is 3.14. The molecule has 1 aromatic heterocycles. The van der Waals surface area contributed by atoms with Crippen molar-refractivity contribution in [3.05, 3.63) is 29.8 Å². The number of thioether (sulfide) groups is 1. The number of rotatable bonds is 5. The minimum absolute atomic E-state index is 0.216. The van der Waals surface area contributed by atoms with Crippen LogP contribution in [-0.4, -0.2) is 41.4 Å². The number of aromatic nitrogens is 4. The highest BCUT2D eigenvalue weighted by atomic mass is 35.5. The van der Waals surface area contributed by atoms with Gasteiger partial charge in [0, 0.05) is 11.7 Å². The van der Waals surface area contributed by atoms with Crippen LogP contribution in [0.4, 0.5) is 0 Å². The molecule has 1 fully saturated rings. The summed E-state index contributed by atoms with van der Waals surface area (Å²) in [6.45, 7) is 0. The van der Waals surface area contributed by atoms with Gasteiger partial charge >= 0.3 is 5.97 Å². The predicted octanol–water partition coefficient (Wildman–Crippen LogP) is 2.65. The molecule has 1 N–H and O–H groups in total. The van der Waals surface area contributed by atoms with E-state index in [0.29, 0.717) is 10.8 Å². The fourth-order valence-corrected chi connectivity index (χ4v) is 3.62. The third-order valence-electron chi connectivity index (χ3n) is 3.17. The lowest BCUT2D eigenvalue weighted by molar-refractivity contribution is 0.0697. The van der Waals surface area contributed by atoms with E-state index in [0.717, 1.165) is 12.2 Å². The van der Waals surface area contributed by atoms with Crippen molar-refractivity contribution in [2.24, 2.45) is 5.92 Å². The lowest BCUT2D eigenvalue weighted by Gasteiger charge is -2.04. The van der Waals surface area contributed by atoms with E-state index in [-0.39, 0.29) is 11.5 Å². The topological polar surface area (TPSA) is 80.9 Å². The summed E-state index contributed by atoms with van der Waals surface area (Å²) < 4.78 is 0.942. The van der Waals surface area contributed by atoms with Gasteiger partial charge in [0.1, 0.15) is 4.33 Å². The standard InChI is InChI=1S/C12H10Cl2N4O2S/c13-12(14)5-8(12)6-21-11-15-16-17-18(11)9-3-1-7(2-4-9)10(19)20/h1-4,8H,5-6H2,(H,19,20)/t8-/m0/s1. The van der Waals surface area contributed by atoms with Crippen LogP contribution < -0.4 is 0 Å². The molecule has 1 saturated carbocycles. The Labute approximate surface area is 134 Å². The van der Waals surface area contributed by atoms with Crippen LogP contribution in [0.1, 0.15) is 16.8 Å². The predicted molar refractivity (Wildman–Crippen MR) is 79.4 cm³/mol. The van der Waals surface area contributed by atoms with Gasteiger partial charge < -0.3 is 5.11 Å². The zero-order chi connectivity index (χ0) is 15.0. The first-order valence-corrected chi connectivity index (χ1v) is 7.84. The van der Waals surface area contributed by atoms with Crippen molar-refractivity contribution in [3.8, 4) is 5.69 Å². The maximum atomic E-state index is 10.8. The number of benzene rings is 1. The highest BCUT2D eigenvalue weighted by Gasteiger charge is 2.51. The molecule has 1 aromatic carbocycles. The molecule has 1 aliphatic carbocycles. The molecule has 0 amide bonds.